The van der Waals surface area contributed by atoms with E-state index < -0.39 is 0 Å². The summed E-state index contributed by atoms with van der Waals surface area (Å²) < 4.78 is 6.72. The molecule has 0 bridgehead atoms. The van der Waals surface area contributed by atoms with Crippen molar-refractivity contribution >= 4 is 16.3 Å². The lowest BCUT2D eigenvalue weighted by atomic mass is 9.82. The first-order valence-electron chi connectivity index (χ1n) is 9.84. The van der Waals surface area contributed by atoms with Crippen molar-refractivity contribution < 1.29 is 4.74 Å². The summed E-state index contributed by atoms with van der Waals surface area (Å²) >= 11 is 0. The third kappa shape index (κ3) is 2.63. The number of rotatable bonds is 1. The summed E-state index contributed by atoms with van der Waals surface area (Å²) in [5, 5.41) is 2.55. The van der Waals surface area contributed by atoms with Crippen molar-refractivity contribution in [3.05, 3.63) is 83.9 Å². The van der Waals surface area contributed by atoms with Gasteiger partial charge in [-0.05, 0) is 59.7 Å². The molecule has 1 aliphatic carbocycles. The van der Waals surface area contributed by atoms with Crippen molar-refractivity contribution in [2.45, 2.75) is 44.1 Å². The minimum absolute atomic E-state index is 0.142. The van der Waals surface area contributed by atoms with Gasteiger partial charge in [-0.1, -0.05) is 73.5 Å². The number of hydrogen-bond donors (Lipinski definition) is 0. The summed E-state index contributed by atoms with van der Waals surface area (Å²) in [4.78, 5) is 0. The van der Waals surface area contributed by atoms with E-state index in [1.165, 1.54) is 53.2 Å². The third-order valence-electron chi connectivity index (χ3n) is 5.92. The Morgan fingerprint density at radius 1 is 0.692 bits per heavy atom. The molecule has 0 N–H and O–H groups in total. The maximum absolute atomic E-state index is 6.72. The molecule has 1 nitrogen and oxygen atoms in total. The van der Waals surface area contributed by atoms with Crippen LogP contribution in [0, 0.1) is 0 Å². The molecule has 1 heterocycles. The van der Waals surface area contributed by atoms with E-state index in [1.807, 2.05) is 0 Å². The van der Waals surface area contributed by atoms with Crippen LogP contribution < -0.4 is 4.74 Å². The van der Waals surface area contributed by atoms with Gasteiger partial charge < -0.3 is 4.74 Å². The fourth-order valence-electron chi connectivity index (χ4n) is 4.62. The molecular weight excluding hydrogens is 316 g/mol. The van der Waals surface area contributed by atoms with E-state index in [0.717, 1.165) is 18.6 Å². The lowest BCUT2D eigenvalue weighted by molar-refractivity contribution is 0.0996. The Kier molecular flexibility index (Phi) is 3.81. The maximum atomic E-state index is 6.72. The van der Waals surface area contributed by atoms with Crippen LogP contribution in [-0.2, 0) is 0 Å². The molecule has 1 spiro atoms. The smallest absolute Gasteiger partial charge is 0.129 e. The topological polar surface area (TPSA) is 9.23 Å². The molecule has 1 aliphatic heterocycles. The highest BCUT2D eigenvalue weighted by Gasteiger charge is 2.36. The first-order valence-corrected chi connectivity index (χ1v) is 9.84. The van der Waals surface area contributed by atoms with Crippen molar-refractivity contribution in [1.82, 2.24) is 0 Å². The molecule has 0 unspecified atom stereocenters. The van der Waals surface area contributed by atoms with Crippen LogP contribution in [0.2, 0.25) is 0 Å². The van der Waals surface area contributed by atoms with Gasteiger partial charge in [0.05, 0.1) is 0 Å². The highest BCUT2D eigenvalue weighted by Crippen LogP contribution is 2.46. The van der Waals surface area contributed by atoms with Crippen molar-refractivity contribution in [2.75, 3.05) is 0 Å². The molecule has 0 radical (unpaired) electrons. The zero-order valence-electron chi connectivity index (χ0n) is 15.1. The molecule has 0 amide bonds. The molecule has 1 saturated carbocycles. The second kappa shape index (κ2) is 6.32. The number of fused-ring (bicyclic) bond motifs is 3. The van der Waals surface area contributed by atoms with Crippen molar-refractivity contribution in [1.29, 1.82) is 0 Å². The quantitative estimate of drug-likeness (QED) is 0.475. The van der Waals surface area contributed by atoms with Gasteiger partial charge >= 0.3 is 0 Å². The fraction of sp³-hybridized carbons (Fsp3) is 0.280. The molecular formula is C25H24O. The molecule has 0 saturated heterocycles. The first-order chi connectivity index (χ1) is 12.8. The van der Waals surface area contributed by atoms with Gasteiger partial charge in [0.25, 0.3) is 0 Å². The van der Waals surface area contributed by atoms with E-state index in [0.29, 0.717) is 0 Å². The average Bonchev–Trinajstić information content (AvgIpc) is 2.93. The molecule has 2 aliphatic rings. The van der Waals surface area contributed by atoms with Gasteiger partial charge in [-0.15, -0.1) is 0 Å². The molecule has 26 heavy (non-hydrogen) atoms. The summed E-state index contributed by atoms with van der Waals surface area (Å²) in [6.45, 7) is 0. The predicted molar refractivity (Wildman–Crippen MR) is 109 cm³/mol. The van der Waals surface area contributed by atoms with E-state index in [-0.39, 0.29) is 5.60 Å². The van der Waals surface area contributed by atoms with Gasteiger partial charge in [-0.3, -0.25) is 0 Å². The van der Waals surface area contributed by atoms with Crippen LogP contribution in [0.25, 0.3) is 16.3 Å². The molecule has 1 heteroatoms. The van der Waals surface area contributed by atoms with Crippen molar-refractivity contribution in [2.24, 2.45) is 0 Å². The Balaban J connectivity index is 1.76. The lowest BCUT2D eigenvalue weighted by Gasteiger charge is -2.37. The second-order valence-corrected chi connectivity index (χ2v) is 7.66. The Morgan fingerprint density at radius 2 is 1.42 bits per heavy atom. The third-order valence-corrected chi connectivity index (χ3v) is 5.92. The van der Waals surface area contributed by atoms with Gasteiger partial charge in [0.15, 0.2) is 0 Å². The molecule has 3 aromatic rings. The first kappa shape index (κ1) is 15.7. The Labute approximate surface area is 155 Å². The van der Waals surface area contributed by atoms with E-state index >= 15 is 0 Å². The zero-order valence-corrected chi connectivity index (χ0v) is 15.1. The second-order valence-electron chi connectivity index (χ2n) is 7.66. The molecule has 5 rings (SSSR count). The van der Waals surface area contributed by atoms with Crippen LogP contribution in [0.15, 0.2) is 72.8 Å². The summed E-state index contributed by atoms with van der Waals surface area (Å²) in [5.74, 6) is 1.05. The minimum atomic E-state index is -0.142. The van der Waals surface area contributed by atoms with Crippen LogP contribution in [0.3, 0.4) is 0 Å². The maximum Gasteiger partial charge on any atom is 0.129 e. The van der Waals surface area contributed by atoms with Crippen LogP contribution in [-0.4, -0.2) is 5.60 Å². The monoisotopic (exact) mass is 340 g/mol. The standard InChI is InChI=1S/C25H24O/c1-2-9-17-25(16-8-1)18-22(19-10-4-3-5-11-19)24-21-13-7-6-12-20(21)14-15-23(24)26-25/h3-7,10-15,18H,1-2,8-9,16-17H2. The van der Waals surface area contributed by atoms with Gasteiger partial charge in [0, 0.05) is 5.56 Å². The van der Waals surface area contributed by atoms with Crippen LogP contribution in [0.4, 0.5) is 0 Å². The number of ether oxygens (including phenoxy) is 1. The minimum Gasteiger partial charge on any atom is -0.483 e. The van der Waals surface area contributed by atoms with Gasteiger partial charge in [0.1, 0.15) is 11.4 Å². The molecule has 0 aromatic heterocycles. The molecule has 0 atom stereocenters. The Bertz CT molecular complexity index is 960. The fourth-order valence-corrected chi connectivity index (χ4v) is 4.62. The Hall–Kier alpha value is -2.54. The summed E-state index contributed by atoms with van der Waals surface area (Å²) in [6, 6.07) is 23.8. The average molecular weight is 340 g/mol. The van der Waals surface area contributed by atoms with E-state index in [2.05, 4.69) is 72.8 Å². The predicted octanol–water partition coefficient (Wildman–Crippen LogP) is 6.76. The molecule has 1 fully saturated rings. The van der Waals surface area contributed by atoms with Gasteiger partial charge in [-0.25, -0.2) is 0 Å². The van der Waals surface area contributed by atoms with Crippen LogP contribution in [0.1, 0.15) is 49.7 Å². The van der Waals surface area contributed by atoms with Gasteiger partial charge in [-0.2, -0.15) is 0 Å². The zero-order chi connectivity index (χ0) is 17.4. The largest absolute Gasteiger partial charge is 0.483 e. The SMILES string of the molecule is C1=C(c2ccccc2)c2c(ccc3ccccc23)OC12CCCCCC2. The summed E-state index contributed by atoms with van der Waals surface area (Å²) in [5.41, 5.74) is 3.74. The van der Waals surface area contributed by atoms with Crippen molar-refractivity contribution in [3.8, 4) is 5.75 Å². The van der Waals surface area contributed by atoms with E-state index in [4.69, 9.17) is 4.74 Å². The van der Waals surface area contributed by atoms with E-state index in [1.54, 1.807) is 0 Å². The molecule has 130 valence electrons. The lowest BCUT2D eigenvalue weighted by Crippen LogP contribution is -2.36. The number of benzene rings is 3. The van der Waals surface area contributed by atoms with E-state index in [9.17, 15) is 0 Å². The summed E-state index contributed by atoms with van der Waals surface area (Å²) in [7, 11) is 0. The van der Waals surface area contributed by atoms with Crippen molar-refractivity contribution in [3.63, 3.8) is 0 Å². The highest BCUT2D eigenvalue weighted by molar-refractivity contribution is 6.01. The van der Waals surface area contributed by atoms with Gasteiger partial charge in [0.2, 0.25) is 0 Å². The summed E-state index contributed by atoms with van der Waals surface area (Å²) in [6.07, 6.45) is 9.84. The number of hydrogen-bond acceptors (Lipinski definition) is 1. The van der Waals surface area contributed by atoms with Crippen LogP contribution >= 0.6 is 0 Å². The molecule has 3 aromatic carbocycles. The van der Waals surface area contributed by atoms with Crippen LogP contribution in [0.5, 0.6) is 5.75 Å². The Morgan fingerprint density at radius 3 is 2.23 bits per heavy atom. The highest BCUT2D eigenvalue weighted by atomic mass is 16.5. The normalized spacial score (nSPS) is 18.7.